The molecular formula is C28H54N4O2. The summed E-state index contributed by atoms with van der Waals surface area (Å²) in [6, 6.07) is 0.510. The van der Waals surface area contributed by atoms with Crippen LogP contribution in [0.5, 0.6) is 0 Å². The van der Waals surface area contributed by atoms with Gasteiger partial charge in [-0.25, -0.2) is 0 Å². The van der Waals surface area contributed by atoms with Crippen molar-refractivity contribution in [1.29, 1.82) is 0 Å². The van der Waals surface area contributed by atoms with Crippen LogP contribution in [0.4, 0.5) is 0 Å². The van der Waals surface area contributed by atoms with E-state index in [1.807, 2.05) is 0 Å². The van der Waals surface area contributed by atoms with E-state index in [2.05, 4.69) is 89.7 Å². The molecule has 2 fully saturated rings. The molecule has 0 aromatic carbocycles. The molecule has 0 aliphatic carbocycles. The van der Waals surface area contributed by atoms with Crippen LogP contribution in [0.3, 0.4) is 0 Å². The van der Waals surface area contributed by atoms with Crippen molar-refractivity contribution in [3.8, 4) is 0 Å². The summed E-state index contributed by atoms with van der Waals surface area (Å²) in [5.74, 6) is 0.530. The fourth-order valence-corrected chi connectivity index (χ4v) is 7.26. The van der Waals surface area contributed by atoms with Crippen LogP contribution in [0.1, 0.15) is 133 Å². The van der Waals surface area contributed by atoms with E-state index < -0.39 is 0 Å². The number of carbonyl (C=O) groups excluding carboxylic acids is 2. The minimum Gasteiger partial charge on any atom is -0.322 e. The topological polar surface area (TPSA) is 64.7 Å². The molecule has 2 amide bonds. The Balaban J connectivity index is 1.64. The number of unbranched alkanes of at least 4 members (excludes halogenated alkanes) is 5. The average Bonchev–Trinajstić information content (AvgIpc) is 2.58. The van der Waals surface area contributed by atoms with Gasteiger partial charge < -0.3 is 9.80 Å². The lowest BCUT2D eigenvalue weighted by molar-refractivity contribution is -0.148. The van der Waals surface area contributed by atoms with Crippen LogP contribution >= 0.6 is 0 Å². The highest BCUT2D eigenvalue weighted by atomic mass is 16.2. The molecule has 6 heteroatoms. The molecule has 0 aromatic rings. The summed E-state index contributed by atoms with van der Waals surface area (Å²) in [5, 5.41) is 7.27. The quantitative estimate of drug-likeness (QED) is 0.426. The van der Waals surface area contributed by atoms with E-state index in [1.165, 1.54) is 0 Å². The molecule has 0 radical (unpaired) electrons. The molecule has 2 atom stereocenters. The minimum atomic E-state index is -0.309. The van der Waals surface area contributed by atoms with Gasteiger partial charge in [0.25, 0.3) is 0 Å². The fraction of sp³-hybridized carbons (Fsp3) is 0.929. The summed E-state index contributed by atoms with van der Waals surface area (Å²) in [6.45, 7) is 21.7. The third-order valence-electron chi connectivity index (χ3n) is 7.55. The van der Waals surface area contributed by atoms with Gasteiger partial charge in [-0.1, -0.05) is 25.7 Å². The SMILES string of the molecule is CC1CC(C)(C)NC(C)(C)N1C(=O)CCCCCCCCC(=O)N1C(C)CC(C)(C)NC1(C)C. The van der Waals surface area contributed by atoms with Gasteiger partial charge in [-0.3, -0.25) is 20.2 Å². The third kappa shape index (κ3) is 7.68. The molecule has 0 bridgehead atoms. The Bertz CT molecular complexity index is 653. The van der Waals surface area contributed by atoms with Gasteiger partial charge in [0.05, 0.1) is 11.3 Å². The number of hydrogen-bond acceptors (Lipinski definition) is 4. The summed E-state index contributed by atoms with van der Waals surface area (Å²) in [6.07, 6.45) is 9.51. The van der Waals surface area contributed by atoms with Crippen molar-refractivity contribution < 1.29 is 9.59 Å². The number of nitrogens with zero attached hydrogens (tertiary/aromatic N) is 2. The summed E-state index contributed by atoms with van der Waals surface area (Å²) in [5.41, 5.74) is -0.515. The van der Waals surface area contributed by atoms with E-state index in [-0.39, 0.29) is 46.3 Å². The largest absolute Gasteiger partial charge is 0.322 e. The number of carbonyl (C=O) groups is 2. The lowest BCUT2D eigenvalue weighted by Crippen LogP contribution is -2.70. The molecule has 2 rings (SSSR count). The molecular weight excluding hydrogens is 424 g/mol. The van der Waals surface area contributed by atoms with Crippen molar-refractivity contribution in [3.63, 3.8) is 0 Å². The fourth-order valence-electron chi connectivity index (χ4n) is 7.26. The first kappa shape index (κ1) is 29.1. The Morgan fingerprint density at radius 1 is 0.618 bits per heavy atom. The van der Waals surface area contributed by atoms with E-state index in [4.69, 9.17) is 0 Å². The number of hydrogen-bond donors (Lipinski definition) is 2. The highest BCUT2D eigenvalue weighted by Crippen LogP contribution is 2.32. The molecule has 2 aliphatic heterocycles. The summed E-state index contributed by atoms with van der Waals surface area (Å²) in [4.78, 5) is 30.0. The van der Waals surface area contributed by atoms with Crippen molar-refractivity contribution >= 4 is 11.8 Å². The van der Waals surface area contributed by atoms with Gasteiger partial charge >= 0.3 is 0 Å². The smallest absolute Gasteiger partial charge is 0.224 e. The predicted octanol–water partition coefficient (Wildman–Crippen LogP) is 5.56. The van der Waals surface area contributed by atoms with Gasteiger partial charge in [-0.05, 0) is 94.9 Å². The second-order valence-corrected chi connectivity index (χ2v) is 13.4. The van der Waals surface area contributed by atoms with E-state index in [0.29, 0.717) is 12.8 Å². The zero-order valence-electron chi connectivity index (χ0n) is 23.9. The maximum absolute atomic E-state index is 13.0. The van der Waals surface area contributed by atoms with Gasteiger partial charge in [0, 0.05) is 36.0 Å². The van der Waals surface area contributed by atoms with Gasteiger partial charge in [-0.15, -0.1) is 0 Å². The van der Waals surface area contributed by atoms with Crippen molar-refractivity contribution in [1.82, 2.24) is 20.4 Å². The van der Waals surface area contributed by atoms with Crippen LogP contribution in [0.15, 0.2) is 0 Å². The highest BCUT2D eigenvalue weighted by Gasteiger charge is 2.45. The minimum absolute atomic E-state index is 0.0516. The van der Waals surface area contributed by atoms with Gasteiger partial charge in [0.2, 0.25) is 11.8 Å². The molecule has 0 aromatic heterocycles. The van der Waals surface area contributed by atoms with Gasteiger partial charge in [0.15, 0.2) is 0 Å². The lowest BCUT2D eigenvalue weighted by Gasteiger charge is -2.54. The zero-order valence-corrected chi connectivity index (χ0v) is 23.9. The molecule has 2 unspecified atom stereocenters. The van der Waals surface area contributed by atoms with Crippen LogP contribution in [-0.4, -0.2) is 56.1 Å². The zero-order chi connectivity index (χ0) is 25.9. The number of amides is 2. The first-order valence-electron chi connectivity index (χ1n) is 13.7. The summed E-state index contributed by atoms with van der Waals surface area (Å²) < 4.78 is 0. The molecule has 6 nitrogen and oxygen atoms in total. The Labute approximate surface area is 210 Å². The number of nitrogens with one attached hydrogen (secondary N) is 2. The van der Waals surface area contributed by atoms with Crippen LogP contribution in [0.2, 0.25) is 0 Å². The third-order valence-corrected chi connectivity index (χ3v) is 7.55. The molecule has 0 spiro atoms. The lowest BCUT2D eigenvalue weighted by atomic mass is 9.87. The molecule has 2 aliphatic rings. The second-order valence-electron chi connectivity index (χ2n) is 13.4. The normalized spacial score (nSPS) is 27.5. The molecule has 2 N–H and O–H groups in total. The summed E-state index contributed by atoms with van der Waals surface area (Å²) >= 11 is 0. The van der Waals surface area contributed by atoms with Crippen molar-refractivity contribution in [3.05, 3.63) is 0 Å². The summed E-state index contributed by atoms with van der Waals surface area (Å²) in [7, 11) is 0. The van der Waals surface area contributed by atoms with Crippen molar-refractivity contribution in [2.45, 2.75) is 168 Å². The highest BCUT2D eigenvalue weighted by molar-refractivity contribution is 5.78. The van der Waals surface area contributed by atoms with Crippen LogP contribution in [0.25, 0.3) is 0 Å². The molecule has 0 saturated carbocycles. The van der Waals surface area contributed by atoms with E-state index in [1.54, 1.807) is 0 Å². The Morgan fingerprint density at radius 3 is 1.21 bits per heavy atom. The van der Waals surface area contributed by atoms with Gasteiger partial charge in [-0.2, -0.15) is 0 Å². The van der Waals surface area contributed by atoms with Crippen molar-refractivity contribution in [2.24, 2.45) is 0 Å². The average molecular weight is 479 g/mol. The Morgan fingerprint density at radius 2 is 0.912 bits per heavy atom. The Hall–Kier alpha value is -1.14. The molecule has 198 valence electrons. The first-order valence-corrected chi connectivity index (χ1v) is 13.7. The van der Waals surface area contributed by atoms with Crippen LogP contribution in [0, 0.1) is 0 Å². The van der Waals surface area contributed by atoms with Crippen molar-refractivity contribution in [2.75, 3.05) is 0 Å². The molecule has 2 heterocycles. The molecule has 34 heavy (non-hydrogen) atoms. The van der Waals surface area contributed by atoms with Gasteiger partial charge in [0.1, 0.15) is 0 Å². The van der Waals surface area contributed by atoms with Crippen LogP contribution in [-0.2, 0) is 9.59 Å². The predicted molar refractivity (Wildman–Crippen MR) is 141 cm³/mol. The van der Waals surface area contributed by atoms with E-state index >= 15 is 0 Å². The Kier molecular flexibility index (Phi) is 9.29. The van der Waals surface area contributed by atoms with E-state index in [0.717, 1.165) is 51.4 Å². The van der Waals surface area contributed by atoms with Crippen LogP contribution < -0.4 is 10.6 Å². The standard InChI is InChI=1S/C28H54N4O2/c1-21-19-25(3,4)29-27(7,8)31(21)23(33)17-15-13-11-12-14-16-18-24(34)32-22(2)20-26(5,6)30-28(32,9)10/h21-22,29-30H,11-20H2,1-10H3. The second kappa shape index (κ2) is 10.9. The maximum atomic E-state index is 13.0. The monoisotopic (exact) mass is 478 g/mol. The first-order chi connectivity index (χ1) is 15.5. The number of rotatable bonds is 9. The maximum Gasteiger partial charge on any atom is 0.224 e. The molecule has 2 saturated heterocycles. The van der Waals surface area contributed by atoms with E-state index in [9.17, 15) is 9.59 Å².